The van der Waals surface area contributed by atoms with Gasteiger partial charge in [-0.2, -0.15) is 0 Å². The van der Waals surface area contributed by atoms with Gasteiger partial charge in [-0.05, 0) is 38.5 Å². The van der Waals surface area contributed by atoms with Gasteiger partial charge in [0.05, 0.1) is 39.9 Å². The number of quaternary nitrogens is 1. The Hall–Kier alpha value is -1.02. The number of amides is 1. The molecule has 0 aliphatic heterocycles. The van der Waals surface area contributed by atoms with Gasteiger partial charge in [0.2, 0.25) is 5.91 Å². The van der Waals surface area contributed by atoms with Gasteiger partial charge in [0.25, 0.3) is 0 Å². The Morgan fingerprint density at radius 2 is 1.34 bits per heavy atom. The minimum absolute atomic E-state index is 0.0714. The van der Waals surface area contributed by atoms with Crippen LogP contribution in [0.3, 0.4) is 0 Å². The van der Waals surface area contributed by atoms with Crippen LogP contribution in [0, 0.1) is 0 Å². The number of nitrogens with zero attached hydrogens (tertiary/aromatic N) is 1. The van der Waals surface area contributed by atoms with Crippen LogP contribution in [0.2, 0.25) is 0 Å². The van der Waals surface area contributed by atoms with Crippen LogP contribution < -0.4 is 5.32 Å². The summed E-state index contributed by atoms with van der Waals surface area (Å²) in [7, 11) is 1.60. The molecule has 0 aliphatic carbocycles. The molecule has 0 spiro atoms. The molecule has 0 saturated heterocycles. The van der Waals surface area contributed by atoms with E-state index in [2.05, 4.69) is 43.5 Å². The maximum Gasteiger partial charge on any atom is 0.472 e. The average Bonchev–Trinajstić information content (AvgIpc) is 2.95. The van der Waals surface area contributed by atoms with Crippen molar-refractivity contribution in [2.24, 2.45) is 0 Å². The van der Waals surface area contributed by atoms with Gasteiger partial charge in [-0.1, -0.05) is 122 Å². The quantitative estimate of drug-likeness (QED) is 0.0302. The molecule has 0 aromatic heterocycles. The summed E-state index contributed by atoms with van der Waals surface area (Å²) in [6.45, 7) is 4.75. The lowest BCUT2D eigenvalue weighted by molar-refractivity contribution is -0.870. The van der Waals surface area contributed by atoms with Crippen molar-refractivity contribution >= 4 is 13.7 Å². The predicted octanol–water partition coefficient (Wildman–Crippen LogP) is 8.63. The third kappa shape index (κ3) is 29.7. The summed E-state index contributed by atoms with van der Waals surface area (Å²) in [5, 5.41) is 13.8. The van der Waals surface area contributed by atoms with Crippen LogP contribution in [0.1, 0.15) is 142 Å². The van der Waals surface area contributed by atoms with E-state index in [0.29, 0.717) is 23.9 Å². The van der Waals surface area contributed by atoms with Crippen molar-refractivity contribution in [1.82, 2.24) is 5.32 Å². The summed E-state index contributed by atoms with van der Waals surface area (Å²) in [6.07, 6.45) is 29.1. The Morgan fingerprint density at radius 1 is 0.773 bits per heavy atom. The Kier molecular flexibility index (Phi) is 27.6. The Morgan fingerprint density at radius 3 is 1.95 bits per heavy atom. The number of likely N-dealkylation sites (N-methyl/N-ethyl adjacent to an activating group) is 1. The van der Waals surface area contributed by atoms with Crippen molar-refractivity contribution in [2.75, 3.05) is 40.9 Å². The van der Waals surface area contributed by atoms with Crippen molar-refractivity contribution < 1.29 is 32.9 Å². The number of nitrogens with one attached hydrogen (secondary N) is 1. The first-order valence-electron chi connectivity index (χ1n) is 17.7. The molecule has 0 aromatic carbocycles. The SMILES string of the molecule is CCC/C=C\C/C=C\CCCCCCCC(=O)NC(COP(=O)(O)OCC[N+](C)(C)C)C(O)CCCCCCCCCCC. The first-order chi connectivity index (χ1) is 21.0. The fourth-order valence-corrected chi connectivity index (χ4v) is 5.52. The number of hydrogen-bond acceptors (Lipinski definition) is 5. The largest absolute Gasteiger partial charge is 0.472 e. The number of unbranched alkanes of at least 4 members (excludes halogenated alkanes) is 14. The van der Waals surface area contributed by atoms with E-state index in [-0.39, 0.29) is 19.1 Å². The first kappa shape index (κ1) is 43.0. The van der Waals surface area contributed by atoms with E-state index in [4.69, 9.17) is 9.05 Å². The molecule has 1 amide bonds. The average molecular weight is 646 g/mol. The maximum absolute atomic E-state index is 12.7. The smallest absolute Gasteiger partial charge is 0.391 e. The van der Waals surface area contributed by atoms with Gasteiger partial charge in [0, 0.05) is 6.42 Å². The summed E-state index contributed by atoms with van der Waals surface area (Å²) in [5.41, 5.74) is 0. The molecule has 44 heavy (non-hydrogen) atoms. The first-order valence-corrected chi connectivity index (χ1v) is 19.2. The van der Waals surface area contributed by atoms with Crippen LogP contribution in [0.15, 0.2) is 24.3 Å². The summed E-state index contributed by atoms with van der Waals surface area (Å²) in [4.78, 5) is 22.9. The lowest BCUT2D eigenvalue weighted by Crippen LogP contribution is -2.46. The molecular weight excluding hydrogens is 575 g/mol. The number of aliphatic hydroxyl groups excluding tert-OH is 1. The minimum Gasteiger partial charge on any atom is -0.391 e. The highest BCUT2D eigenvalue weighted by Gasteiger charge is 2.28. The minimum atomic E-state index is -4.30. The van der Waals surface area contributed by atoms with E-state index in [9.17, 15) is 19.4 Å². The van der Waals surface area contributed by atoms with Crippen molar-refractivity contribution in [2.45, 2.75) is 154 Å². The summed E-state index contributed by atoms with van der Waals surface area (Å²) < 4.78 is 23.4. The summed E-state index contributed by atoms with van der Waals surface area (Å²) in [6, 6.07) is -0.761. The van der Waals surface area contributed by atoms with Gasteiger partial charge in [0.1, 0.15) is 13.2 Å². The molecule has 0 heterocycles. The van der Waals surface area contributed by atoms with Crippen LogP contribution in [0.25, 0.3) is 0 Å². The highest BCUT2D eigenvalue weighted by Crippen LogP contribution is 2.43. The highest BCUT2D eigenvalue weighted by molar-refractivity contribution is 7.47. The number of phosphoric acid groups is 1. The third-order valence-corrected chi connectivity index (χ3v) is 8.67. The second kappa shape index (κ2) is 28.2. The fourth-order valence-electron chi connectivity index (χ4n) is 4.79. The van der Waals surface area contributed by atoms with Crippen molar-refractivity contribution in [3.63, 3.8) is 0 Å². The molecule has 0 fully saturated rings. The molecule has 0 saturated carbocycles. The number of aliphatic hydroxyl groups is 1. The van der Waals surface area contributed by atoms with Crippen molar-refractivity contribution in [3.05, 3.63) is 24.3 Å². The number of hydrogen-bond donors (Lipinski definition) is 3. The number of phosphoric ester groups is 1. The van der Waals surface area contributed by atoms with E-state index in [1.54, 1.807) is 0 Å². The van der Waals surface area contributed by atoms with Crippen LogP contribution in [0.4, 0.5) is 0 Å². The highest BCUT2D eigenvalue weighted by atomic mass is 31.2. The van der Waals surface area contributed by atoms with E-state index in [0.717, 1.165) is 70.6 Å². The van der Waals surface area contributed by atoms with Crippen LogP contribution >= 0.6 is 7.82 Å². The molecule has 0 aromatic rings. The number of carbonyl (C=O) groups excluding carboxylic acids is 1. The van der Waals surface area contributed by atoms with E-state index < -0.39 is 20.0 Å². The second-order valence-corrected chi connectivity index (χ2v) is 14.7. The van der Waals surface area contributed by atoms with E-state index in [1.807, 2.05) is 21.1 Å². The fraction of sp³-hybridized carbons (Fsp3) is 0.857. The number of carbonyl (C=O) groups is 1. The van der Waals surface area contributed by atoms with Crippen LogP contribution in [0.5, 0.6) is 0 Å². The van der Waals surface area contributed by atoms with Gasteiger partial charge in [-0.25, -0.2) is 4.57 Å². The van der Waals surface area contributed by atoms with Gasteiger partial charge in [-0.3, -0.25) is 13.8 Å². The topological polar surface area (TPSA) is 105 Å². The Bertz CT molecular complexity index is 784. The van der Waals surface area contributed by atoms with Crippen LogP contribution in [-0.4, -0.2) is 73.4 Å². The molecule has 9 heteroatoms. The van der Waals surface area contributed by atoms with Crippen molar-refractivity contribution in [1.29, 1.82) is 0 Å². The lowest BCUT2D eigenvalue weighted by Gasteiger charge is -2.26. The zero-order valence-corrected chi connectivity index (χ0v) is 30.0. The zero-order valence-electron chi connectivity index (χ0n) is 29.1. The summed E-state index contributed by atoms with van der Waals surface area (Å²) in [5.74, 6) is -0.164. The normalized spacial score (nSPS) is 15.2. The summed E-state index contributed by atoms with van der Waals surface area (Å²) >= 11 is 0. The molecule has 3 atom stereocenters. The van der Waals surface area contributed by atoms with Gasteiger partial charge in [0.15, 0.2) is 0 Å². The number of rotatable bonds is 31. The Balaban J connectivity index is 4.53. The van der Waals surface area contributed by atoms with Gasteiger partial charge < -0.3 is 19.8 Å². The van der Waals surface area contributed by atoms with Crippen LogP contribution in [-0.2, 0) is 18.4 Å². The van der Waals surface area contributed by atoms with Gasteiger partial charge >= 0.3 is 7.82 Å². The monoisotopic (exact) mass is 645 g/mol. The molecule has 0 rings (SSSR count). The Labute approximate surface area is 271 Å². The molecule has 0 aliphatic rings. The molecular formula is C35H70N2O6P+. The zero-order chi connectivity index (χ0) is 32.9. The molecule has 260 valence electrons. The van der Waals surface area contributed by atoms with Crippen molar-refractivity contribution in [3.8, 4) is 0 Å². The third-order valence-electron chi connectivity index (χ3n) is 7.68. The lowest BCUT2D eigenvalue weighted by atomic mass is 10.0. The second-order valence-electron chi connectivity index (χ2n) is 13.2. The standard InChI is InChI=1S/C35H69N2O6P/c1-6-8-10-12-14-16-17-18-19-21-23-25-27-29-35(39)36-33(32-43-44(40,41)42-31-30-37(3,4)5)34(38)28-26-24-22-20-15-13-11-9-7-2/h10,12,16-17,33-34,38H,6-9,11,13-15,18-32H2,1-5H3,(H-,36,39,40,41)/p+1/b12-10-,17-16-. The maximum atomic E-state index is 12.7. The number of allylic oxidation sites excluding steroid dienone is 4. The molecule has 0 bridgehead atoms. The van der Waals surface area contributed by atoms with E-state index >= 15 is 0 Å². The molecule has 3 unspecified atom stereocenters. The van der Waals surface area contributed by atoms with E-state index in [1.165, 1.54) is 44.9 Å². The molecule has 8 nitrogen and oxygen atoms in total. The van der Waals surface area contributed by atoms with Gasteiger partial charge in [-0.15, -0.1) is 0 Å². The molecule has 0 radical (unpaired) electrons. The molecule has 3 N–H and O–H groups in total. The predicted molar refractivity (Wildman–Crippen MR) is 185 cm³/mol.